The number of esters is 1. The van der Waals surface area contributed by atoms with Gasteiger partial charge in [0.1, 0.15) is 11.4 Å². The summed E-state index contributed by atoms with van der Waals surface area (Å²) in [5, 5.41) is 4.75. The quantitative estimate of drug-likeness (QED) is 0.428. The van der Waals surface area contributed by atoms with Crippen LogP contribution >= 0.6 is 0 Å². The molecule has 3 heterocycles. The van der Waals surface area contributed by atoms with Crippen molar-refractivity contribution >= 4 is 17.6 Å². The zero-order valence-corrected chi connectivity index (χ0v) is 22.8. The van der Waals surface area contributed by atoms with E-state index in [4.69, 9.17) is 14.6 Å². The Bertz CT molecular complexity index is 1480. The summed E-state index contributed by atoms with van der Waals surface area (Å²) in [6.07, 6.45) is 5.01. The van der Waals surface area contributed by atoms with E-state index in [-0.39, 0.29) is 29.0 Å². The summed E-state index contributed by atoms with van der Waals surface area (Å²) in [4.78, 5) is 31.5. The van der Waals surface area contributed by atoms with Crippen molar-refractivity contribution in [1.29, 1.82) is 0 Å². The number of fused-ring (bicyclic) bond motifs is 3. The van der Waals surface area contributed by atoms with E-state index < -0.39 is 5.97 Å². The predicted octanol–water partition coefficient (Wildman–Crippen LogP) is 4.27. The van der Waals surface area contributed by atoms with Crippen LogP contribution in [0.2, 0.25) is 0 Å². The number of rotatable bonds is 7. The van der Waals surface area contributed by atoms with E-state index in [2.05, 4.69) is 43.3 Å². The highest BCUT2D eigenvalue weighted by Gasteiger charge is 2.56. The summed E-state index contributed by atoms with van der Waals surface area (Å²) in [5.41, 5.74) is 5.48. The molecule has 2 fully saturated rings. The first-order valence-electron chi connectivity index (χ1n) is 14.0. The molecule has 1 amide bonds. The number of hydrogen-bond acceptors (Lipinski definition) is 6. The van der Waals surface area contributed by atoms with Gasteiger partial charge in [-0.25, -0.2) is 9.48 Å². The highest BCUT2D eigenvalue weighted by Crippen LogP contribution is 2.55. The molecule has 1 spiro atoms. The fourth-order valence-electron chi connectivity index (χ4n) is 6.59. The predicted molar refractivity (Wildman–Crippen MR) is 147 cm³/mol. The third kappa shape index (κ3) is 3.87. The van der Waals surface area contributed by atoms with Crippen LogP contribution in [0.4, 0.5) is 5.69 Å². The monoisotopic (exact) mass is 526 g/mol. The molecule has 2 saturated carbocycles. The van der Waals surface area contributed by atoms with Gasteiger partial charge in [0.05, 0.1) is 18.9 Å². The summed E-state index contributed by atoms with van der Waals surface area (Å²) in [5.74, 6) is 0.258. The number of ether oxygens (including phenoxy) is 2. The Balaban J connectivity index is 1.31. The van der Waals surface area contributed by atoms with Gasteiger partial charge >= 0.3 is 5.97 Å². The Hall–Kier alpha value is -3.65. The molecule has 0 unspecified atom stereocenters. The smallest absolute Gasteiger partial charge is 0.359 e. The fourth-order valence-corrected chi connectivity index (χ4v) is 6.59. The molecular weight excluding hydrogens is 492 g/mol. The van der Waals surface area contributed by atoms with Crippen molar-refractivity contribution in [2.24, 2.45) is 0 Å². The van der Waals surface area contributed by atoms with E-state index in [0.29, 0.717) is 18.8 Å². The lowest BCUT2D eigenvalue weighted by atomic mass is 9.88. The van der Waals surface area contributed by atoms with Crippen molar-refractivity contribution < 1.29 is 19.1 Å². The van der Waals surface area contributed by atoms with Gasteiger partial charge in [0.25, 0.3) is 5.91 Å². The van der Waals surface area contributed by atoms with Gasteiger partial charge in [-0.1, -0.05) is 12.1 Å². The van der Waals surface area contributed by atoms with Crippen molar-refractivity contribution in [1.82, 2.24) is 14.7 Å². The van der Waals surface area contributed by atoms with Crippen LogP contribution in [0, 0.1) is 0 Å². The highest BCUT2D eigenvalue weighted by atomic mass is 16.5. The normalized spacial score (nSPS) is 19.6. The van der Waals surface area contributed by atoms with Crippen molar-refractivity contribution in [2.45, 2.75) is 49.9 Å². The summed E-state index contributed by atoms with van der Waals surface area (Å²) in [7, 11) is 4.24. The number of hydrogen-bond donors (Lipinski definition) is 0. The minimum atomic E-state index is -0.468. The molecule has 8 heteroatoms. The van der Waals surface area contributed by atoms with E-state index >= 15 is 0 Å². The van der Waals surface area contributed by atoms with E-state index in [1.807, 2.05) is 23.1 Å². The second-order valence-electron chi connectivity index (χ2n) is 11.8. The van der Waals surface area contributed by atoms with Gasteiger partial charge in [0.15, 0.2) is 5.69 Å². The van der Waals surface area contributed by atoms with Crippen molar-refractivity contribution in [3.8, 4) is 11.4 Å². The molecule has 0 radical (unpaired) electrons. The number of benzene rings is 2. The lowest BCUT2D eigenvalue weighted by Crippen LogP contribution is -2.44. The zero-order valence-electron chi connectivity index (χ0n) is 22.8. The molecule has 8 nitrogen and oxygen atoms in total. The van der Waals surface area contributed by atoms with E-state index in [9.17, 15) is 9.59 Å². The third-order valence-electron chi connectivity index (χ3n) is 8.83. The summed E-state index contributed by atoms with van der Waals surface area (Å²) < 4.78 is 12.8. The largest absolute Gasteiger partial charge is 0.493 e. The molecule has 0 saturated heterocycles. The lowest BCUT2D eigenvalue weighted by Gasteiger charge is -2.34. The Kier molecular flexibility index (Phi) is 5.43. The molecule has 0 N–H and O–H groups in total. The number of aromatic nitrogens is 2. The van der Waals surface area contributed by atoms with Crippen LogP contribution < -0.4 is 9.64 Å². The number of anilines is 1. The minimum Gasteiger partial charge on any atom is -0.493 e. The molecule has 39 heavy (non-hydrogen) atoms. The van der Waals surface area contributed by atoms with Crippen LogP contribution in [0.1, 0.15) is 70.3 Å². The number of carbonyl (C=O) groups is 2. The van der Waals surface area contributed by atoms with E-state index in [1.165, 1.54) is 18.4 Å². The summed E-state index contributed by atoms with van der Waals surface area (Å²) in [6, 6.07) is 14.4. The molecular formula is C31H34N4O4. The van der Waals surface area contributed by atoms with Crippen LogP contribution in [-0.4, -0.2) is 67.0 Å². The van der Waals surface area contributed by atoms with Crippen molar-refractivity contribution in [3.63, 3.8) is 0 Å². The number of likely N-dealkylation sites (N-methyl/N-ethyl adjacent to an activating group) is 1. The lowest BCUT2D eigenvalue weighted by molar-refractivity contribution is 0.0516. The van der Waals surface area contributed by atoms with Gasteiger partial charge in [-0.3, -0.25) is 4.79 Å². The topological polar surface area (TPSA) is 76.9 Å². The number of nitrogens with zero attached hydrogens (tertiary/aromatic N) is 4. The average molecular weight is 527 g/mol. The first-order valence-corrected chi connectivity index (χ1v) is 14.0. The van der Waals surface area contributed by atoms with Gasteiger partial charge in [-0.05, 0) is 88.2 Å². The fraction of sp³-hybridized carbons (Fsp3) is 0.452. The first kappa shape index (κ1) is 24.4. The Morgan fingerprint density at radius 2 is 1.82 bits per heavy atom. The molecule has 202 valence electrons. The average Bonchev–Trinajstić information content (AvgIpc) is 3.77. The van der Waals surface area contributed by atoms with Gasteiger partial charge in [-0.2, -0.15) is 5.10 Å². The van der Waals surface area contributed by atoms with Crippen LogP contribution in [0.15, 0.2) is 42.5 Å². The summed E-state index contributed by atoms with van der Waals surface area (Å²) >= 11 is 0. The van der Waals surface area contributed by atoms with Gasteiger partial charge in [0, 0.05) is 41.6 Å². The second kappa shape index (κ2) is 8.68. The molecule has 7 rings (SSSR count). The standard InChI is InChI=1S/C31H34N4O4/c1-4-38-29(37)26-25-27(35(32-26)23-9-10-24-20(17-23)11-16-39-24)28(36)34(19-31(25)14-15-31)22-7-5-21(6-8-22)30(12-13-30)18-33(2)3/h5-10,17H,4,11-16,18-19H2,1-3H3. The van der Waals surface area contributed by atoms with Crippen LogP contribution in [-0.2, 0) is 22.0 Å². The minimum absolute atomic E-state index is 0.135. The maximum Gasteiger partial charge on any atom is 0.359 e. The van der Waals surface area contributed by atoms with Crippen LogP contribution in [0.5, 0.6) is 5.75 Å². The Morgan fingerprint density at radius 1 is 1.08 bits per heavy atom. The Morgan fingerprint density at radius 3 is 2.49 bits per heavy atom. The molecule has 0 atom stereocenters. The third-order valence-corrected chi connectivity index (χ3v) is 8.83. The zero-order chi connectivity index (χ0) is 26.9. The molecule has 0 bridgehead atoms. The van der Waals surface area contributed by atoms with Gasteiger partial charge in [0.2, 0.25) is 0 Å². The van der Waals surface area contributed by atoms with Crippen molar-refractivity contribution in [2.75, 3.05) is 45.3 Å². The molecule has 4 aliphatic rings. The summed E-state index contributed by atoms with van der Waals surface area (Å²) in [6.45, 7) is 4.26. The maximum absolute atomic E-state index is 14.3. The van der Waals surface area contributed by atoms with Gasteiger partial charge < -0.3 is 19.3 Å². The molecule has 3 aromatic rings. The molecule has 2 aromatic carbocycles. The van der Waals surface area contributed by atoms with Crippen LogP contribution in [0.25, 0.3) is 5.69 Å². The highest BCUT2D eigenvalue weighted by molar-refractivity contribution is 6.10. The van der Waals surface area contributed by atoms with Crippen LogP contribution in [0.3, 0.4) is 0 Å². The number of carbonyl (C=O) groups excluding carboxylic acids is 2. The second-order valence-corrected chi connectivity index (χ2v) is 11.8. The van der Waals surface area contributed by atoms with Gasteiger partial charge in [-0.15, -0.1) is 0 Å². The van der Waals surface area contributed by atoms with Crippen molar-refractivity contribution in [3.05, 3.63) is 70.5 Å². The number of amides is 1. The maximum atomic E-state index is 14.3. The first-order chi connectivity index (χ1) is 18.8. The van der Waals surface area contributed by atoms with E-state index in [1.54, 1.807) is 11.6 Å². The molecule has 2 aliphatic carbocycles. The van der Waals surface area contributed by atoms with E-state index in [0.717, 1.165) is 54.1 Å². The molecule has 1 aromatic heterocycles. The SMILES string of the molecule is CCOC(=O)c1nn(-c2ccc3c(c2)CCO3)c2c1C1(CC1)CN(c1ccc(C3(CN(C)C)CC3)cc1)C2=O. The Labute approximate surface area is 228 Å². The molecule has 2 aliphatic heterocycles.